The van der Waals surface area contributed by atoms with E-state index in [1.165, 1.54) is 6.08 Å². The zero-order valence-corrected chi connectivity index (χ0v) is 22.1. The summed E-state index contributed by atoms with van der Waals surface area (Å²) >= 11 is 0. The van der Waals surface area contributed by atoms with E-state index in [0.29, 0.717) is 48.8 Å². The highest BCUT2D eigenvalue weighted by molar-refractivity contribution is 7.92. The van der Waals surface area contributed by atoms with Crippen molar-refractivity contribution in [3.63, 3.8) is 0 Å². The van der Waals surface area contributed by atoms with E-state index in [2.05, 4.69) is 11.6 Å². The Bertz CT molecular complexity index is 1100. The van der Waals surface area contributed by atoms with Gasteiger partial charge in [0.1, 0.15) is 0 Å². The predicted molar refractivity (Wildman–Crippen MR) is 142 cm³/mol. The Labute approximate surface area is 214 Å². The summed E-state index contributed by atoms with van der Waals surface area (Å²) in [6.45, 7) is 6.92. The summed E-state index contributed by atoms with van der Waals surface area (Å²) in [5.41, 5.74) is 2.18. The largest absolute Gasteiger partial charge is 0.490 e. The van der Waals surface area contributed by atoms with Gasteiger partial charge in [0.05, 0.1) is 25.6 Å². The normalized spacial score (nSPS) is 11.7. The molecule has 198 valence electrons. The topological polar surface area (TPSA) is 111 Å². The van der Waals surface area contributed by atoms with Crippen LogP contribution >= 0.6 is 0 Å². The van der Waals surface area contributed by atoms with E-state index in [9.17, 15) is 18.3 Å². The van der Waals surface area contributed by atoms with Gasteiger partial charge in [-0.3, -0.25) is 4.72 Å². The predicted octanol–water partition coefficient (Wildman–Crippen LogP) is 5.49. The molecule has 0 aliphatic heterocycles. The average Bonchev–Trinajstić information content (AvgIpc) is 2.84. The van der Waals surface area contributed by atoms with Gasteiger partial charge in [-0.15, -0.1) is 0 Å². The molecule has 0 aliphatic rings. The molecule has 0 radical (unpaired) electrons. The minimum absolute atomic E-state index is 0.111. The van der Waals surface area contributed by atoms with Crippen molar-refractivity contribution in [3.05, 3.63) is 59.4 Å². The fraction of sp³-hybridized carbons (Fsp3) is 0.444. The molecule has 36 heavy (non-hydrogen) atoms. The molecule has 0 spiro atoms. The Morgan fingerprint density at radius 3 is 2.28 bits per heavy atom. The number of anilines is 1. The maximum atomic E-state index is 12.1. The molecule has 2 aromatic carbocycles. The van der Waals surface area contributed by atoms with Crippen LogP contribution in [0.25, 0.3) is 6.08 Å². The maximum Gasteiger partial charge on any atom is 0.371 e. The van der Waals surface area contributed by atoms with Crippen LogP contribution in [0.1, 0.15) is 57.6 Å². The summed E-state index contributed by atoms with van der Waals surface area (Å²) in [5.74, 6) is -0.0566. The molecule has 2 rings (SSSR count). The van der Waals surface area contributed by atoms with Crippen molar-refractivity contribution in [2.75, 3.05) is 30.3 Å². The first-order valence-electron chi connectivity index (χ1n) is 12.3. The zero-order chi connectivity index (χ0) is 26.4. The Hall–Kier alpha value is -3.20. The fourth-order valence-electron chi connectivity index (χ4n) is 3.23. The second kappa shape index (κ2) is 15.0. The monoisotopic (exact) mass is 519 g/mol. The van der Waals surface area contributed by atoms with Gasteiger partial charge in [0, 0.05) is 12.1 Å². The highest BCUT2D eigenvalue weighted by atomic mass is 32.2. The highest BCUT2D eigenvalue weighted by Gasteiger charge is 2.12. The molecular formula is C27H37NO7S. The molecule has 0 bridgehead atoms. The van der Waals surface area contributed by atoms with E-state index >= 15 is 0 Å². The first-order chi connectivity index (χ1) is 17.3. The van der Waals surface area contributed by atoms with Gasteiger partial charge >= 0.3 is 5.97 Å². The van der Waals surface area contributed by atoms with Crippen molar-refractivity contribution in [1.82, 2.24) is 0 Å². The van der Waals surface area contributed by atoms with Crippen molar-refractivity contribution in [2.24, 2.45) is 0 Å². The Morgan fingerprint density at radius 2 is 1.64 bits per heavy atom. The minimum atomic E-state index is -3.33. The van der Waals surface area contributed by atoms with E-state index < -0.39 is 16.0 Å². The van der Waals surface area contributed by atoms with Crippen LogP contribution < -0.4 is 14.2 Å². The van der Waals surface area contributed by atoms with E-state index in [4.69, 9.17) is 14.2 Å². The first-order valence-corrected chi connectivity index (χ1v) is 14.0. The Morgan fingerprint density at radius 1 is 0.944 bits per heavy atom. The number of benzene rings is 2. The van der Waals surface area contributed by atoms with Crippen LogP contribution in [0.5, 0.6) is 11.5 Å². The number of carboxylic acids is 1. The number of hydrogen-bond acceptors (Lipinski definition) is 6. The summed E-state index contributed by atoms with van der Waals surface area (Å²) in [7, 11) is -3.33. The lowest BCUT2D eigenvalue weighted by molar-refractivity contribution is -0.136. The number of rotatable bonds is 17. The van der Waals surface area contributed by atoms with Crippen LogP contribution in [0.15, 0.2) is 48.2 Å². The summed E-state index contributed by atoms with van der Waals surface area (Å²) in [5, 5.41) is 9.31. The lowest BCUT2D eigenvalue weighted by atomic mass is 10.1. The molecule has 2 aromatic rings. The van der Waals surface area contributed by atoms with Crippen LogP contribution in [0, 0.1) is 0 Å². The summed E-state index contributed by atoms with van der Waals surface area (Å²) in [6, 6.07) is 12.5. The van der Waals surface area contributed by atoms with E-state index in [-0.39, 0.29) is 18.1 Å². The van der Waals surface area contributed by atoms with Crippen LogP contribution in [-0.2, 0) is 26.0 Å². The standard InChI is InChI=1S/C27H37NO7S/c1-4-7-16-34-25-19-22(20-26(27(29)30)33-6-3)11-14-24(25)35-17-15-21-9-12-23(13-10-21)28-36(31,32)18-8-5-2/h9-14,19-20,28H,4-8,15-18H2,1-3H3,(H,29,30). The first kappa shape index (κ1) is 29.0. The fourth-order valence-corrected chi connectivity index (χ4v) is 4.49. The molecule has 0 aliphatic carbocycles. The van der Waals surface area contributed by atoms with Gasteiger partial charge in [-0.2, -0.15) is 0 Å². The van der Waals surface area contributed by atoms with Gasteiger partial charge in [-0.05, 0) is 61.2 Å². The van der Waals surface area contributed by atoms with Gasteiger partial charge < -0.3 is 19.3 Å². The Kier molecular flexibility index (Phi) is 12.1. The third kappa shape index (κ3) is 10.2. The van der Waals surface area contributed by atoms with Crippen LogP contribution in [0.2, 0.25) is 0 Å². The number of carbonyl (C=O) groups is 1. The lowest BCUT2D eigenvalue weighted by Gasteiger charge is -2.14. The second-order valence-electron chi connectivity index (χ2n) is 8.22. The molecule has 0 atom stereocenters. The number of aliphatic carboxylic acids is 1. The van der Waals surface area contributed by atoms with Crippen LogP contribution in [-0.4, -0.2) is 45.1 Å². The van der Waals surface area contributed by atoms with E-state index in [1.807, 2.05) is 19.1 Å². The van der Waals surface area contributed by atoms with Crippen molar-refractivity contribution in [2.45, 2.75) is 52.9 Å². The third-order valence-electron chi connectivity index (χ3n) is 5.17. The number of carboxylic acid groups (broad SMARTS) is 1. The molecule has 0 unspecified atom stereocenters. The van der Waals surface area contributed by atoms with Crippen LogP contribution in [0.3, 0.4) is 0 Å². The quantitative estimate of drug-likeness (QED) is 0.161. The van der Waals surface area contributed by atoms with Gasteiger partial charge in [-0.25, -0.2) is 13.2 Å². The maximum absolute atomic E-state index is 12.1. The summed E-state index contributed by atoms with van der Waals surface area (Å²) < 4.78 is 43.8. The number of ether oxygens (including phenoxy) is 3. The van der Waals surface area contributed by atoms with Crippen LogP contribution in [0.4, 0.5) is 5.69 Å². The molecule has 0 heterocycles. The third-order valence-corrected chi connectivity index (χ3v) is 6.55. The van der Waals surface area contributed by atoms with E-state index in [1.54, 1.807) is 37.3 Å². The number of unbranched alkanes of at least 4 members (excludes halogenated alkanes) is 2. The highest BCUT2D eigenvalue weighted by Crippen LogP contribution is 2.30. The number of hydrogen-bond donors (Lipinski definition) is 2. The van der Waals surface area contributed by atoms with Gasteiger partial charge in [0.2, 0.25) is 15.8 Å². The smallest absolute Gasteiger partial charge is 0.371 e. The zero-order valence-electron chi connectivity index (χ0n) is 21.3. The number of sulfonamides is 1. The summed E-state index contributed by atoms with van der Waals surface area (Å²) in [6.07, 6.45) is 5.38. The molecule has 0 amide bonds. The van der Waals surface area contributed by atoms with Crippen molar-refractivity contribution < 1.29 is 32.5 Å². The SMILES string of the molecule is CCCCOc1cc(C=C(OCC)C(=O)O)ccc1OCCc1ccc(NS(=O)(=O)CCCC)cc1. The summed E-state index contributed by atoms with van der Waals surface area (Å²) in [4.78, 5) is 11.4. The van der Waals surface area contributed by atoms with Gasteiger partial charge in [0.15, 0.2) is 11.5 Å². The lowest BCUT2D eigenvalue weighted by Crippen LogP contribution is -2.16. The van der Waals surface area contributed by atoms with E-state index in [0.717, 1.165) is 24.8 Å². The Balaban J connectivity index is 2.05. The molecule has 0 aromatic heterocycles. The molecule has 2 N–H and O–H groups in total. The molecule has 9 heteroatoms. The number of nitrogens with one attached hydrogen (secondary N) is 1. The molecular weight excluding hydrogens is 482 g/mol. The average molecular weight is 520 g/mol. The second-order valence-corrected chi connectivity index (χ2v) is 10.1. The minimum Gasteiger partial charge on any atom is -0.490 e. The van der Waals surface area contributed by atoms with Crippen molar-refractivity contribution >= 4 is 27.8 Å². The molecule has 0 saturated carbocycles. The van der Waals surface area contributed by atoms with Crippen molar-refractivity contribution in [3.8, 4) is 11.5 Å². The van der Waals surface area contributed by atoms with Crippen molar-refractivity contribution in [1.29, 1.82) is 0 Å². The van der Waals surface area contributed by atoms with Gasteiger partial charge in [-0.1, -0.05) is 44.9 Å². The molecule has 8 nitrogen and oxygen atoms in total. The molecule has 0 saturated heterocycles. The van der Waals surface area contributed by atoms with Gasteiger partial charge in [0.25, 0.3) is 0 Å². The molecule has 0 fully saturated rings.